The summed E-state index contributed by atoms with van der Waals surface area (Å²) in [4.78, 5) is 0.225. The molecule has 5 nitrogen and oxygen atoms in total. The fraction of sp³-hybridized carbons (Fsp3) is 0.500. The van der Waals surface area contributed by atoms with Gasteiger partial charge < -0.3 is 11.5 Å². The lowest BCUT2D eigenvalue weighted by molar-refractivity contribution is 0.268. The van der Waals surface area contributed by atoms with Gasteiger partial charge >= 0.3 is 0 Å². The van der Waals surface area contributed by atoms with Crippen LogP contribution in [-0.4, -0.2) is 25.3 Å². The highest BCUT2D eigenvalue weighted by Gasteiger charge is 2.31. The molecule has 18 heavy (non-hydrogen) atoms. The van der Waals surface area contributed by atoms with Gasteiger partial charge in [-0.05, 0) is 38.0 Å². The van der Waals surface area contributed by atoms with Gasteiger partial charge in [0, 0.05) is 12.6 Å². The average molecular weight is 269 g/mol. The third-order valence-electron chi connectivity index (χ3n) is 3.41. The van der Waals surface area contributed by atoms with Crippen LogP contribution in [0.2, 0.25) is 0 Å². The van der Waals surface area contributed by atoms with Gasteiger partial charge in [-0.3, -0.25) is 0 Å². The maximum atomic E-state index is 12.5. The maximum Gasteiger partial charge on any atom is 0.243 e. The van der Waals surface area contributed by atoms with Crippen LogP contribution in [0.4, 0.5) is 11.4 Å². The molecule has 100 valence electrons. The maximum absolute atomic E-state index is 12.5. The van der Waals surface area contributed by atoms with Gasteiger partial charge in [-0.1, -0.05) is 6.42 Å². The second-order valence-corrected chi connectivity index (χ2v) is 6.64. The molecular weight excluding hydrogens is 250 g/mol. The van der Waals surface area contributed by atoms with Crippen LogP contribution >= 0.6 is 0 Å². The van der Waals surface area contributed by atoms with E-state index in [0.29, 0.717) is 17.9 Å². The van der Waals surface area contributed by atoms with Gasteiger partial charge in [-0.15, -0.1) is 0 Å². The van der Waals surface area contributed by atoms with Crippen LogP contribution in [0, 0.1) is 0 Å². The van der Waals surface area contributed by atoms with Crippen LogP contribution in [0.5, 0.6) is 0 Å². The second-order valence-electron chi connectivity index (χ2n) is 4.75. The summed E-state index contributed by atoms with van der Waals surface area (Å²) in [5.74, 6) is 0. The summed E-state index contributed by atoms with van der Waals surface area (Å²) >= 11 is 0. The Bertz CT molecular complexity index is 542. The first-order valence-electron chi connectivity index (χ1n) is 6.10. The van der Waals surface area contributed by atoms with E-state index in [9.17, 15) is 8.42 Å². The number of piperidine rings is 1. The molecule has 1 aliphatic rings. The largest absolute Gasteiger partial charge is 0.397 e. The molecule has 1 saturated heterocycles. The molecule has 0 bridgehead atoms. The van der Waals surface area contributed by atoms with Crippen molar-refractivity contribution in [1.29, 1.82) is 0 Å². The number of nitrogens with two attached hydrogens (primary N) is 2. The minimum Gasteiger partial charge on any atom is -0.397 e. The number of rotatable bonds is 2. The molecule has 1 fully saturated rings. The van der Waals surface area contributed by atoms with E-state index in [1.54, 1.807) is 4.31 Å². The molecule has 0 aromatic heterocycles. The molecule has 6 heteroatoms. The molecule has 1 atom stereocenters. The topological polar surface area (TPSA) is 89.4 Å². The summed E-state index contributed by atoms with van der Waals surface area (Å²) in [5.41, 5.74) is 12.0. The van der Waals surface area contributed by atoms with E-state index in [-0.39, 0.29) is 10.9 Å². The van der Waals surface area contributed by atoms with E-state index < -0.39 is 10.0 Å². The number of sulfonamides is 1. The van der Waals surface area contributed by atoms with Crippen LogP contribution in [0.3, 0.4) is 0 Å². The summed E-state index contributed by atoms with van der Waals surface area (Å²) in [7, 11) is -3.45. The first kappa shape index (κ1) is 13.2. The quantitative estimate of drug-likeness (QED) is 0.794. The Morgan fingerprint density at radius 3 is 2.56 bits per heavy atom. The van der Waals surface area contributed by atoms with Gasteiger partial charge in [0.25, 0.3) is 0 Å². The number of hydrogen-bond donors (Lipinski definition) is 2. The summed E-state index contributed by atoms with van der Waals surface area (Å²) in [6.07, 6.45) is 2.90. The van der Waals surface area contributed by atoms with Crippen LogP contribution < -0.4 is 11.5 Å². The molecular formula is C12H19N3O2S. The number of benzene rings is 1. The monoisotopic (exact) mass is 269 g/mol. The van der Waals surface area contributed by atoms with E-state index in [1.165, 1.54) is 18.2 Å². The van der Waals surface area contributed by atoms with E-state index in [1.807, 2.05) is 6.92 Å². The smallest absolute Gasteiger partial charge is 0.243 e. The average Bonchev–Trinajstić information content (AvgIpc) is 2.33. The Balaban J connectivity index is 2.37. The predicted molar refractivity (Wildman–Crippen MR) is 72.5 cm³/mol. The van der Waals surface area contributed by atoms with E-state index >= 15 is 0 Å². The lowest BCUT2D eigenvalue weighted by Crippen LogP contribution is -2.41. The van der Waals surface area contributed by atoms with Crippen LogP contribution in [0.15, 0.2) is 23.1 Å². The zero-order valence-electron chi connectivity index (χ0n) is 10.5. The van der Waals surface area contributed by atoms with Gasteiger partial charge in [-0.25, -0.2) is 8.42 Å². The Morgan fingerprint density at radius 1 is 1.22 bits per heavy atom. The van der Waals surface area contributed by atoms with Gasteiger partial charge in [-0.2, -0.15) is 4.31 Å². The summed E-state index contributed by atoms with van der Waals surface area (Å²) in [6.45, 7) is 2.52. The summed E-state index contributed by atoms with van der Waals surface area (Å²) < 4.78 is 26.5. The SMILES string of the molecule is C[C@H]1CCCCN1S(=O)(=O)c1ccc(N)c(N)c1. The van der Waals surface area contributed by atoms with Gasteiger partial charge in [0.1, 0.15) is 0 Å². The number of anilines is 2. The van der Waals surface area contributed by atoms with Crippen LogP contribution in [-0.2, 0) is 10.0 Å². The number of nitrogen functional groups attached to an aromatic ring is 2. The minimum atomic E-state index is -3.45. The standard InChI is InChI=1S/C12H19N3O2S/c1-9-4-2-3-7-15(9)18(16,17)10-5-6-11(13)12(14)8-10/h5-6,8-9H,2-4,7,13-14H2,1H3/t9-/m0/s1. The van der Waals surface area contributed by atoms with Crippen molar-refractivity contribution in [2.24, 2.45) is 0 Å². The van der Waals surface area contributed by atoms with Crippen molar-refractivity contribution in [1.82, 2.24) is 4.31 Å². The molecule has 2 rings (SSSR count). The van der Waals surface area contributed by atoms with E-state index in [2.05, 4.69) is 0 Å². The Labute approximate surface area is 108 Å². The molecule has 4 N–H and O–H groups in total. The third-order valence-corrected chi connectivity index (χ3v) is 5.42. The van der Waals surface area contributed by atoms with E-state index in [0.717, 1.165) is 19.3 Å². The van der Waals surface area contributed by atoms with Gasteiger partial charge in [0.2, 0.25) is 10.0 Å². The molecule has 0 amide bonds. The van der Waals surface area contributed by atoms with Crippen molar-refractivity contribution in [3.05, 3.63) is 18.2 Å². The Morgan fingerprint density at radius 2 is 1.94 bits per heavy atom. The van der Waals surface area contributed by atoms with Crippen molar-refractivity contribution in [2.45, 2.75) is 37.1 Å². The van der Waals surface area contributed by atoms with Gasteiger partial charge in [0.05, 0.1) is 16.3 Å². The Hall–Kier alpha value is -1.27. The van der Waals surface area contributed by atoms with E-state index in [4.69, 9.17) is 11.5 Å². The van der Waals surface area contributed by atoms with Crippen LogP contribution in [0.25, 0.3) is 0 Å². The van der Waals surface area contributed by atoms with Crippen molar-refractivity contribution >= 4 is 21.4 Å². The first-order chi connectivity index (χ1) is 8.43. The first-order valence-corrected chi connectivity index (χ1v) is 7.54. The molecule has 0 unspecified atom stereocenters. The lowest BCUT2D eigenvalue weighted by Gasteiger charge is -2.32. The minimum absolute atomic E-state index is 0.0440. The number of nitrogens with zero attached hydrogens (tertiary/aromatic N) is 1. The number of hydrogen-bond acceptors (Lipinski definition) is 4. The van der Waals surface area contributed by atoms with Crippen molar-refractivity contribution in [3.8, 4) is 0 Å². The summed E-state index contributed by atoms with van der Waals surface area (Å²) in [5, 5.41) is 0. The third kappa shape index (κ3) is 2.30. The molecule has 1 aromatic rings. The van der Waals surface area contributed by atoms with Crippen LogP contribution in [0.1, 0.15) is 26.2 Å². The molecule has 0 radical (unpaired) electrons. The highest BCUT2D eigenvalue weighted by Crippen LogP contribution is 2.27. The molecule has 1 aromatic carbocycles. The zero-order chi connectivity index (χ0) is 13.3. The highest BCUT2D eigenvalue weighted by molar-refractivity contribution is 7.89. The summed E-state index contributed by atoms with van der Waals surface area (Å²) in [6, 6.07) is 4.54. The van der Waals surface area contributed by atoms with Crippen molar-refractivity contribution in [2.75, 3.05) is 18.0 Å². The van der Waals surface area contributed by atoms with Gasteiger partial charge in [0.15, 0.2) is 0 Å². The normalized spacial score (nSPS) is 21.9. The zero-order valence-corrected chi connectivity index (χ0v) is 11.3. The second kappa shape index (κ2) is 4.78. The predicted octanol–water partition coefficient (Wildman–Crippen LogP) is 1.41. The lowest BCUT2D eigenvalue weighted by atomic mass is 10.1. The van der Waals surface area contributed by atoms with Crippen molar-refractivity contribution in [3.63, 3.8) is 0 Å². The molecule has 0 spiro atoms. The molecule has 0 aliphatic carbocycles. The highest BCUT2D eigenvalue weighted by atomic mass is 32.2. The van der Waals surface area contributed by atoms with Crippen molar-refractivity contribution < 1.29 is 8.42 Å². The fourth-order valence-corrected chi connectivity index (χ4v) is 4.01. The molecule has 1 heterocycles. The molecule has 0 saturated carbocycles. The molecule has 1 aliphatic heterocycles. The Kier molecular flexibility index (Phi) is 3.49. The fourth-order valence-electron chi connectivity index (χ4n) is 2.28.